The summed E-state index contributed by atoms with van der Waals surface area (Å²) in [5.41, 5.74) is -1.15. The van der Waals surface area contributed by atoms with E-state index in [0.717, 1.165) is 34.1 Å². The molecule has 0 bridgehead atoms. The molecule has 2 fully saturated rings. The minimum absolute atomic E-state index is 0. The number of nitrogens with zero attached hydrogens (tertiary/aromatic N) is 4. The highest BCUT2D eigenvalue weighted by atomic mass is 16.7. The van der Waals surface area contributed by atoms with Crippen LogP contribution in [0.4, 0.5) is 0 Å². The van der Waals surface area contributed by atoms with Gasteiger partial charge in [0.1, 0.15) is 0 Å². The van der Waals surface area contributed by atoms with E-state index in [1.54, 1.807) is 0 Å². The monoisotopic (exact) mass is 922 g/mol. The number of nitrogens with one attached hydrogen (secondary N) is 2. The first kappa shape index (κ1) is 54.9. The molecule has 0 spiro atoms. The van der Waals surface area contributed by atoms with Gasteiger partial charge in [0.05, 0.1) is 57.9 Å². The molecule has 2 saturated heterocycles. The molecule has 0 aromatic rings. The Labute approximate surface area is 375 Å². The second kappa shape index (κ2) is 27.8. The molecule has 0 aromatic heterocycles. The molecule has 0 aliphatic carbocycles. The third-order valence-electron chi connectivity index (χ3n) is 9.43. The van der Waals surface area contributed by atoms with Crippen LogP contribution in [0.2, 0.25) is 0 Å². The summed E-state index contributed by atoms with van der Waals surface area (Å²) in [6.45, 7) is -0.658. The third kappa shape index (κ3) is 18.0. The standard InChI is InChI=1S/C39H50N6O18.2CH4/c46-27(11-17-42-29(48)3-4-30(42)49)40-15-1-19-58-23-39(25-60-21-13-37(56)62-44-33(52)7-8-34(44)53,26-61-22-14-38(57)63-45-35(54)9-10-36(45)55)24-59-20-2-16-41-28(47)12-18-43-31(50)5-6-32(43)51;;/h3-6H,1-2,7-26H2,(H,40,46)(H,41,47);2*1H4. The number of hydrogen-bond acceptors (Lipinski definition) is 18. The first-order chi connectivity index (χ1) is 30.2. The number of amides is 10. The van der Waals surface area contributed by atoms with Crippen LogP contribution < -0.4 is 10.6 Å². The Balaban J connectivity index is 0.00000726. The van der Waals surface area contributed by atoms with Gasteiger partial charge in [-0.2, -0.15) is 0 Å². The summed E-state index contributed by atoms with van der Waals surface area (Å²) in [6, 6.07) is 0. The Morgan fingerprint density at radius 1 is 0.477 bits per heavy atom. The molecule has 0 unspecified atom stereocenters. The lowest BCUT2D eigenvalue weighted by atomic mass is 9.92. The molecule has 24 nitrogen and oxygen atoms in total. The van der Waals surface area contributed by atoms with Crippen molar-refractivity contribution in [2.75, 3.05) is 79.0 Å². The molecular weight excluding hydrogens is 864 g/mol. The number of rotatable bonds is 30. The van der Waals surface area contributed by atoms with Gasteiger partial charge in [0.25, 0.3) is 47.3 Å². The van der Waals surface area contributed by atoms with Gasteiger partial charge in [0, 0.05) is 102 Å². The van der Waals surface area contributed by atoms with Crippen LogP contribution in [0.15, 0.2) is 24.3 Å². The van der Waals surface area contributed by atoms with Crippen molar-refractivity contribution in [2.24, 2.45) is 5.41 Å². The number of hydroxylamine groups is 4. The van der Waals surface area contributed by atoms with E-state index in [4.69, 9.17) is 28.6 Å². The maximum Gasteiger partial charge on any atom is 0.335 e. The quantitative estimate of drug-likeness (QED) is 0.0642. The molecule has 4 heterocycles. The molecule has 2 N–H and O–H groups in total. The molecular formula is C41H58N6O18. The fourth-order valence-corrected chi connectivity index (χ4v) is 6.04. The van der Waals surface area contributed by atoms with Crippen LogP contribution in [0.3, 0.4) is 0 Å². The minimum atomic E-state index is -1.15. The molecule has 0 aromatic carbocycles. The fourth-order valence-electron chi connectivity index (χ4n) is 6.04. The van der Waals surface area contributed by atoms with E-state index in [-0.39, 0.29) is 145 Å². The predicted molar refractivity (Wildman–Crippen MR) is 219 cm³/mol. The molecule has 0 atom stereocenters. The minimum Gasteiger partial charge on any atom is -0.381 e. The van der Waals surface area contributed by atoms with Gasteiger partial charge in [-0.15, -0.1) is 10.1 Å². The van der Waals surface area contributed by atoms with E-state index < -0.39 is 76.4 Å². The van der Waals surface area contributed by atoms with E-state index in [1.165, 1.54) is 0 Å². The van der Waals surface area contributed by atoms with Crippen LogP contribution in [-0.2, 0) is 86.2 Å². The smallest absolute Gasteiger partial charge is 0.335 e. The summed E-state index contributed by atoms with van der Waals surface area (Å²) in [7, 11) is 0. The largest absolute Gasteiger partial charge is 0.381 e. The first-order valence-corrected chi connectivity index (χ1v) is 20.2. The van der Waals surface area contributed by atoms with Crippen LogP contribution in [0.1, 0.15) is 79.1 Å². The lowest BCUT2D eigenvalue weighted by Crippen LogP contribution is -2.42. The van der Waals surface area contributed by atoms with Crippen LogP contribution in [-0.4, -0.2) is 170 Å². The summed E-state index contributed by atoms with van der Waals surface area (Å²) in [6.07, 6.45) is 3.87. The van der Waals surface area contributed by atoms with E-state index in [0.29, 0.717) is 23.0 Å². The molecule has 0 saturated carbocycles. The van der Waals surface area contributed by atoms with Gasteiger partial charge in [0.15, 0.2) is 0 Å². The number of hydrogen-bond donors (Lipinski definition) is 2. The second-order valence-electron chi connectivity index (χ2n) is 14.5. The molecule has 0 radical (unpaired) electrons. The van der Waals surface area contributed by atoms with Crippen molar-refractivity contribution in [3.05, 3.63) is 24.3 Å². The average Bonchev–Trinajstić information content (AvgIpc) is 3.96. The number of carbonyl (C=O) groups excluding carboxylic acids is 12. The predicted octanol–water partition coefficient (Wildman–Crippen LogP) is -1.05. The van der Waals surface area contributed by atoms with Crippen molar-refractivity contribution in [3.63, 3.8) is 0 Å². The highest BCUT2D eigenvalue weighted by Crippen LogP contribution is 2.22. The molecule has 360 valence electrons. The normalized spacial score (nSPS) is 15.9. The van der Waals surface area contributed by atoms with E-state index >= 15 is 0 Å². The number of carbonyl (C=O) groups is 12. The first-order valence-electron chi connectivity index (χ1n) is 20.2. The van der Waals surface area contributed by atoms with Gasteiger partial charge in [0.2, 0.25) is 11.8 Å². The van der Waals surface area contributed by atoms with Gasteiger partial charge in [-0.1, -0.05) is 14.9 Å². The summed E-state index contributed by atoms with van der Waals surface area (Å²) < 4.78 is 23.6. The lowest BCUT2D eigenvalue weighted by Gasteiger charge is -2.33. The Morgan fingerprint density at radius 2 is 0.785 bits per heavy atom. The summed E-state index contributed by atoms with van der Waals surface area (Å²) in [5, 5.41) is 6.19. The molecule has 4 aliphatic rings. The molecule has 4 rings (SSSR count). The van der Waals surface area contributed by atoms with Gasteiger partial charge in [-0.3, -0.25) is 57.7 Å². The summed E-state index contributed by atoms with van der Waals surface area (Å²) in [5.74, 6) is -7.22. The van der Waals surface area contributed by atoms with E-state index in [2.05, 4.69) is 10.6 Å². The molecule has 10 amide bonds. The van der Waals surface area contributed by atoms with Crippen molar-refractivity contribution in [3.8, 4) is 0 Å². The SMILES string of the molecule is C.C.O=C(CCN1C(=O)C=CC1=O)NCCCOCC(COCCCNC(=O)CCN1C(=O)C=CC1=O)(COCCC(=O)ON1C(=O)CCC1=O)COCCC(=O)ON1C(=O)CCC1=O. The highest BCUT2D eigenvalue weighted by molar-refractivity contribution is 6.13. The van der Waals surface area contributed by atoms with Crippen LogP contribution in [0.5, 0.6) is 0 Å². The summed E-state index contributed by atoms with van der Waals surface area (Å²) in [4.78, 5) is 156. The zero-order valence-electron chi connectivity index (χ0n) is 34.5. The van der Waals surface area contributed by atoms with E-state index in [1.807, 2.05) is 0 Å². The lowest BCUT2D eigenvalue weighted by molar-refractivity contribution is -0.198. The molecule has 4 aliphatic heterocycles. The topological polar surface area (TPSA) is 297 Å². The van der Waals surface area contributed by atoms with Gasteiger partial charge >= 0.3 is 11.9 Å². The fraction of sp³-hybridized carbons (Fsp3) is 0.610. The summed E-state index contributed by atoms with van der Waals surface area (Å²) >= 11 is 0. The van der Waals surface area contributed by atoms with Crippen LogP contribution in [0.25, 0.3) is 0 Å². The second-order valence-corrected chi connectivity index (χ2v) is 14.5. The van der Waals surface area contributed by atoms with Crippen molar-refractivity contribution < 1.29 is 86.2 Å². The van der Waals surface area contributed by atoms with Crippen molar-refractivity contribution in [1.82, 2.24) is 30.6 Å². The maximum atomic E-state index is 12.4. The Morgan fingerprint density at radius 3 is 1.11 bits per heavy atom. The number of imide groups is 4. The Kier molecular flexibility index (Phi) is 23.5. The Hall–Kier alpha value is -6.24. The molecule has 24 heteroatoms. The van der Waals surface area contributed by atoms with Crippen molar-refractivity contribution >= 4 is 71.0 Å². The van der Waals surface area contributed by atoms with Crippen LogP contribution in [0, 0.1) is 5.41 Å². The third-order valence-corrected chi connectivity index (χ3v) is 9.43. The van der Waals surface area contributed by atoms with Gasteiger partial charge in [-0.05, 0) is 12.8 Å². The van der Waals surface area contributed by atoms with Crippen molar-refractivity contribution in [1.29, 1.82) is 0 Å². The van der Waals surface area contributed by atoms with Gasteiger partial charge < -0.3 is 39.3 Å². The Bertz CT molecular complexity index is 1650. The van der Waals surface area contributed by atoms with Gasteiger partial charge in [-0.25, -0.2) is 9.59 Å². The molecule has 65 heavy (non-hydrogen) atoms. The zero-order valence-corrected chi connectivity index (χ0v) is 34.5. The zero-order chi connectivity index (χ0) is 45.8. The number of ether oxygens (including phenoxy) is 4. The maximum absolute atomic E-state index is 12.4. The van der Waals surface area contributed by atoms with E-state index in [9.17, 15) is 57.5 Å². The van der Waals surface area contributed by atoms with Crippen LogP contribution >= 0.6 is 0 Å². The average molecular weight is 923 g/mol. The van der Waals surface area contributed by atoms with Crippen molar-refractivity contribution in [2.45, 2.75) is 79.1 Å². The highest BCUT2D eigenvalue weighted by Gasteiger charge is 2.36.